The smallest absolute Gasteiger partial charge is 0.458 e. The molecule has 0 heterocycles. The van der Waals surface area contributed by atoms with Gasteiger partial charge >= 0.3 is 14.8 Å². The van der Waals surface area contributed by atoms with E-state index in [1.807, 2.05) is 6.92 Å². The molecule has 0 fully saturated rings. The van der Waals surface area contributed by atoms with Gasteiger partial charge in [-0.15, -0.1) is 0 Å². The molecule has 0 amide bonds. The highest BCUT2D eigenvalue weighted by Crippen LogP contribution is 2.07. The highest BCUT2D eigenvalue weighted by atomic mass is 28.4. The van der Waals surface area contributed by atoms with Gasteiger partial charge < -0.3 is 18.0 Å². The van der Waals surface area contributed by atoms with Crippen molar-refractivity contribution >= 4 is 14.8 Å². The van der Waals surface area contributed by atoms with Crippen LogP contribution in [-0.4, -0.2) is 41.8 Å². The molecule has 0 aromatic heterocycles. The quantitative estimate of drug-likeness (QED) is 0.356. The van der Waals surface area contributed by atoms with Gasteiger partial charge in [0.05, 0.1) is 0 Å². The first-order chi connectivity index (χ1) is 6.64. The minimum absolute atomic E-state index is 0.00130. The fourth-order valence-corrected chi connectivity index (χ4v) is 2.28. The molecule has 0 aromatic rings. The van der Waals surface area contributed by atoms with Gasteiger partial charge in [-0.3, -0.25) is 0 Å². The van der Waals surface area contributed by atoms with Crippen LogP contribution in [0.25, 0.3) is 0 Å². The molecule has 0 atom stereocenters. The summed E-state index contributed by atoms with van der Waals surface area (Å²) in [7, 11) is 0.117. The van der Waals surface area contributed by atoms with E-state index in [1.165, 1.54) is 14.2 Å². The van der Waals surface area contributed by atoms with Gasteiger partial charge in [0.25, 0.3) is 0 Å². The van der Waals surface area contributed by atoms with E-state index < -0.39 is 14.8 Å². The second kappa shape index (κ2) is 6.72. The first kappa shape index (κ1) is 13.3. The number of carbonyl (C=O) groups is 1. The van der Waals surface area contributed by atoms with Crippen molar-refractivity contribution < 1.29 is 22.8 Å². The van der Waals surface area contributed by atoms with Gasteiger partial charge in [-0.1, -0.05) is 6.58 Å². The number of carbonyl (C=O) groups excluding carboxylic acids is 1. The molecule has 0 aliphatic carbocycles. The third-order valence-electron chi connectivity index (χ3n) is 1.54. The molecule has 0 radical (unpaired) electrons. The van der Waals surface area contributed by atoms with Crippen molar-refractivity contribution in [3.05, 3.63) is 12.7 Å². The van der Waals surface area contributed by atoms with Crippen LogP contribution >= 0.6 is 0 Å². The maximum atomic E-state index is 10.8. The van der Waals surface area contributed by atoms with E-state index in [0.29, 0.717) is 6.61 Å². The summed E-state index contributed by atoms with van der Waals surface area (Å²) in [6.45, 7) is 5.54. The summed E-state index contributed by atoms with van der Waals surface area (Å²) < 4.78 is 20.3. The maximum absolute atomic E-state index is 10.8. The number of esters is 1. The van der Waals surface area contributed by atoms with Crippen molar-refractivity contribution in [2.75, 3.05) is 27.1 Å². The van der Waals surface area contributed by atoms with Crippen molar-refractivity contribution in [1.29, 1.82) is 0 Å². The van der Waals surface area contributed by atoms with Crippen LogP contribution < -0.4 is 0 Å². The molecule has 0 aliphatic rings. The van der Waals surface area contributed by atoms with E-state index in [4.69, 9.17) is 18.0 Å². The zero-order valence-electron chi connectivity index (χ0n) is 8.74. The fourth-order valence-electron chi connectivity index (χ4n) is 0.799. The summed E-state index contributed by atoms with van der Waals surface area (Å²) in [4.78, 5) is 10.8. The lowest BCUT2D eigenvalue weighted by molar-refractivity contribution is -0.137. The Morgan fingerprint density at radius 1 is 1.43 bits per heavy atom. The molecule has 0 aromatic carbocycles. The summed E-state index contributed by atoms with van der Waals surface area (Å²) in [5.41, 5.74) is 0. The molecule has 6 heteroatoms. The molecule has 5 nitrogen and oxygen atoms in total. The zero-order chi connectivity index (χ0) is 11.0. The van der Waals surface area contributed by atoms with Crippen molar-refractivity contribution in [2.24, 2.45) is 0 Å². The van der Waals surface area contributed by atoms with Gasteiger partial charge in [0.15, 0.2) is 6.23 Å². The molecule has 0 bridgehead atoms. The van der Waals surface area contributed by atoms with Crippen LogP contribution in [0.2, 0.25) is 0 Å². The number of rotatable bonds is 7. The summed E-state index contributed by atoms with van der Waals surface area (Å²) in [6.07, 6.45) is 1.08. The van der Waals surface area contributed by atoms with Crippen molar-refractivity contribution in [3.8, 4) is 0 Å². The van der Waals surface area contributed by atoms with Gasteiger partial charge in [0.1, 0.15) is 0 Å². The van der Waals surface area contributed by atoms with Crippen molar-refractivity contribution in [1.82, 2.24) is 0 Å². The number of hydrogen-bond donors (Lipinski definition) is 0. The predicted molar refractivity (Wildman–Crippen MR) is 52.6 cm³/mol. The summed E-state index contributed by atoms with van der Waals surface area (Å²) in [5, 5.41) is 0. The maximum Gasteiger partial charge on any atom is 0.540 e. The third kappa shape index (κ3) is 4.01. The van der Waals surface area contributed by atoms with Crippen LogP contribution in [0, 0.1) is 0 Å². The SMILES string of the molecule is C=CC(=O)OC[Si](OC)(OC)OCC. The monoisotopic (exact) mass is 220 g/mol. The molecule has 82 valence electrons. The Kier molecular flexibility index (Phi) is 6.38. The lowest BCUT2D eigenvalue weighted by Gasteiger charge is -2.24. The normalized spacial score (nSPS) is 11.1. The van der Waals surface area contributed by atoms with Gasteiger partial charge in [0, 0.05) is 26.9 Å². The van der Waals surface area contributed by atoms with Crippen LogP contribution in [0.5, 0.6) is 0 Å². The Bertz CT molecular complexity index is 190. The van der Waals surface area contributed by atoms with E-state index in [2.05, 4.69) is 6.58 Å². The second-order valence-corrected chi connectivity index (χ2v) is 5.10. The van der Waals surface area contributed by atoms with E-state index in [-0.39, 0.29) is 6.23 Å². The summed E-state index contributed by atoms with van der Waals surface area (Å²) in [6, 6.07) is 0. The van der Waals surface area contributed by atoms with Crippen LogP contribution in [-0.2, 0) is 22.8 Å². The average Bonchev–Trinajstić information content (AvgIpc) is 2.24. The van der Waals surface area contributed by atoms with Crippen LogP contribution in [0.4, 0.5) is 0 Å². The molecule has 0 spiro atoms. The summed E-state index contributed by atoms with van der Waals surface area (Å²) in [5.74, 6) is -0.518. The standard InChI is InChI=1S/C8H16O5Si/c1-5-8(9)12-7-14(10-3,11-4)13-6-2/h5H,1,6-7H2,2-4H3. The lowest BCUT2D eigenvalue weighted by atomic mass is 10.7. The molecule has 14 heavy (non-hydrogen) atoms. The minimum Gasteiger partial charge on any atom is -0.458 e. The highest BCUT2D eigenvalue weighted by Gasteiger charge is 2.40. The molecule has 0 unspecified atom stereocenters. The fraction of sp³-hybridized carbons (Fsp3) is 0.625. The first-order valence-electron chi connectivity index (χ1n) is 4.17. The molecular formula is C8H16O5Si. The van der Waals surface area contributed by atoms with E-state index in [1.54, 1.807) is 0 Å². The number of ether oxygens (including phenoxy) is 1. The lowest BCUT2D eigenvalue weighted by Crippen LogP contribution is -2.49. The second-order valence-electron chi connectivity index (χ2n) is 2.34. The minimum atomic E-state index is -2.81. The molecule has 0 rings (SSSR count). The predicted octanol–water partition coefficient (Wildman–Crippen LogP) is 0.523. The largest absolute Gasteiger partial charge is 0.540 e. The Labute approximate surface area is 85.0 Å². The first-order valence-corrected chi connectivity index (χ1v) is 6.10. The van der Waals surface area contributed by atoms with Gasteiger partial charge in [-0.25, -0.2) is 4.79 Å². The Hall–Kier alpha value is -0.693. The van der Waals surface area contributed by atoms with Crippen molar-refractivity contribution in [2.45, 2.75) is 6.92 Å². The topological polar surface area (TPSA) is 54.0 Å². The van der Waals surface area contributed by atoms with Crippen molar-refractivity contribution in [3.63, 3.8) is 0 Å². The third-order valence-corrected chi connectivity index (χ3v) is 4.01. The van der Waals surface area contributed by atoms with Gasteiger partial charge in [0.2, 0.25) is 0 Å². The number of hydrogen-bond acceptors (Lipinski definition) is 5. The zero-order valence-corrected chi connectivity index (χ0v) is 9.74. The Morgan fingerprint density at radius 2 is 2.00 bits per heavy atom. The van der Waals surface area contributed by atoms with Crippen LogP contribution in [0.3, 0.4) is 0 Å². The molecule has 0 aliphatic heterocycles. The highest BCUT2D eigenvalue weighted by molar-refractivity contribution is 6.60. The summed E-state index contributed by atoms with van der Waals surface area (Å²) >= 11 is 0. The van der Waals surface area contributed by atoms with Crippen LogP contribution in [0.15, 0.2) is 12.7 Å². The van der Waals surface area contributed by atoms with E-state index in [9.17, 15) is 4.79 Å². The van der Waals surface area contributed by atoms with E-state index in [0.717, 1.165) is 6.08 Å². The Balaban J connectivity index is 4.19. The Morgan fingerprint density at radius 3 is 2.36 bits per heavy atom. The molecule has 0 N–H and O–H groups in total. The molecule has 0 saturated heterocycles. The van der Waals surface area contributed by atoms with Gasteiger partial charge in [-0.2, -0.15) is 0 Å². The van der Waals surface area contributed by atoms with E-state index >= 15 is 0 Å². The van der Waals surface area contributed by atoms with Gasteiger partial charge in [-0.05, 0) is 6.92 Å². The molecule has 0 saturated carbocycles. The van der Waals surface area contributed by atoms with Crippen LogP contribution in [0.1, 0.15) is 6.92 Å². The average molecular weight is 220 g/mol. The molecular weight excluding hydrogens is 204 g/mol.